The summed E-state index contributed by atoms with van der Waals surface area (Å²) >= 11 is 0. The molecule has 0 aliphatic carbocycles. The highest BCUT2D eigenvalue weighted by atomic mass is 16.6. The third-order valence-electron chi connectivity index (χ3n) is 3.40. The summed E-state index contributed by atoms with van der Waals surface area (Å²) in [6, 6.07) is 9.99. The Labute approximate surface area is 143 Å². The molecule has 3 aromatic rings. The van der Waals surface area contributed by atoms with Gasteiger partial charge in [0.25, 0.3) is 5.69 Å². The van der Waals surface area contributed by atoms with Crippen LogP contribution in [0.1, 0.15) is 17.0 Å². The number of para-hydroxylation sites is 1. The molecule has 0 atom stereocenters. The Morgan fingerprint density at radius 1 is 1.24 bits per heavy atom. The Hall–Kier alpha value is -3.62. The number of hydrazone groups is 1. The number of anilines is 1. The van der Waals surface area contributed by atoms with Gasteiger partial charge in [0.15, 0.2) is 11.6 Å². The molecule has 0 aliphatic rings. The minimum absolute atomic E-state index is 0.0148. The molecule has 0 bridgehead atoms. The number of nitro benzene ring substituents is 1. The first kappa shape index (κ1) is 16.2. The molecule has 3 rings (SSSR count). The van der Waals surface area contributed by atoms with Gasteiger partial charge in [0.2, 0.25) is 0 Å². The van der Waals surface area contributed by atoms with Crippen molar-refractivity contribution in [3.63, 3.8) is 0 Å². The monoisotopic (exact) mass is 337 g/mol. The van der Waals surface area contributed by atoms with Crippen LogP contribution >= 0.6 is 0 Å². The van der Waals surface area contributed by atoms with E-state index in [0.29, 0.717) is 17.2 Å². The summed E-state index contributed by atoms with van der Waals surface area (Å²) in [4.78, 5) is 18.8. The van der Waals surface area contributed by atoms with Crippen LogP contribution in [0.25, 0.3) is 5.82 Å². The molecule has 0 fully saturated rings. The van der Waals surface area contributed by atoms with Gasteiger partial charge in [-0.1, -0.05) is 12.1 Å². The highest BCUT2D eigenvalue weighted by molar-refractivity contribution is 5.85. The van der Waals surface area contributed by atoms with Crippen LogP contribution in [0.2, 0.25) is 0 Å². The molecule has 0 amide bonds. The molecule has 0 spiro atoms. The zero-order chi connectivity index (χ0) is 17.8. The zero-order valence-corrected chi connectivity index (χ0v) is 13.6. The third-order valence-corrected chi connectivity index (χ3v) is 3.40. The standard InChI is InChI=1S/C16H15N7O2/c1-11-7-12(2)22(21-11)16-8-15(17-10-18-16)20-19-9-13-5-3-4-6-14(13)23(24)25/h3-10H,1-2H3,(H,17,18,20)/b19-9+. The Morgan fingerprint density at radius 3 is 2.76 bits per heavy atom. The van der Waals surface area contributed by atoms with E-state index in [2.05, 4.69) is 25.6 Å². The first-order chi connectivity index (χ1) is 12.0. The van der Waals surface area contributed by atoms with Crippen LogP contribution in [0.5, 0.6) is 0 Å². The molecule has 25 heavy (non-hydrogen) atoms. The minimum atomic E-state index is -0.451. The van der Waals surface area contributed by atoms with Gasteiger partial charge >= 0.3 is 0 Å². The smallest absolute Gasteiger partial charge is 0.261 e. The van der Waals surface area contributed by atoms with Gasteiger partial charge in [-0.3, -0.25) is 15.5 Å². The Kier molecular flexibility index (Phi) is 4.46. The summed E-state index contributed by atoms with van der Waals surface area (Å²) < 4.78 is 1.70. The predicted octanol–water partition coefficient (Wildman–Crippen LogP) is 2.63. The summed E-state index contributed by atoms with van der Waals surface area (Å²) in [7, 11) is 0. The van der Waals surface area contributed by atoms with Crippen LogP contribution < -0.4 is 5.43 Å². The van der Waals surface area contributed by atoms with Crippen LogP contribution in [0.3, 0.4) is 0 Å². The van der Waals surface area contributed by atoms with Gasteiger partial charge < -0.3 is 0 Å². The second-order valence-corrected chi connectivity index (χ2v) is 5.29. The van der Waals surface area contributed by atoms with E-state index in [4.69, 9.17) is 0 Å². The Balaban J connectivity index is 1.80. The average Bonchev–Trinajstić information content (AvgIpc) is 2.94. The number of hydrogen-bond donors (Lipinski definition) is 1. The largest absolute Gasteiger partial charge is 0.278 e. The number of aryl methyl sites for hydroxylation is 2. The van der Waals surface area contributed by atoms with E-state index in [9.17, 15) is 10.1 Å². The van der Waals surface area contributed by atoms with Gasteiger partial charge in [0, 0.05) is 17.8 Å². The molecule has 9 heteroatoms. The molecule has 2 heterocycles. The van der Waals surface area contributed by atoms with E-state index < -0.39 is 4.92 Å². The van der Waals surface area contributed by atoms with Crippen molar-refractivity contribution in [2.24, 2.45) is 5.10 Å². The number of nitrogens with zero attached hydrogens (tertiary/aromatic N) is 6. The van der Waals surface area contributed by atoms with Crippen molar-refractivity contribution in [3.05, 3.63) is 69.8 Å². The molecule has 9 nitrogen and oxygen atoms in total. The van der Waals surface area contributed by atoms with E-state index in [1.165, 1.54) is 18.6 Å². The molecule has 0 aliphatic heterocycles. The molecule has 0 saturated heterocycles. The van der Waals surface area contributed by atoms with Gasteiger partial charge in [0.05, 0.1) is 22.4 Å². The Bertz CT molecular complexity index is 949. The van der Waals surface area contributed by atoms with Crippen LogP contribution in [0, 0.1) is 24.0 Å². The molecular weight excluding hydrogens is 322 g/mol. The van der Waals surface area contributed by atoms with Crippen LogP contribution in [-0.2, 0) is 0 Å². The first-order valence-electron chi connectivity index (χ1n) is 7.43. The van der Waals surface area contributed by atoms with Crippen molar-refractivity contribution >= 4 is 17.7 Å². The molecule has 126 valence electrons. The number of rotatable bonds is 5. The maximum absolute atomic E-state index is 11.0. The predicted molar refractivity (Wildman–Crippen MR) is 92.9 cm³/mol. The Morgan fingerprint density at radius 2 is 2.04 bits per heavy atom. The number of nitro groups is 1. The fraction of sp³-hybridized carbons (Fsp3) is 0.125. The number of hydrogen-bond acceptors (Lipinski definition) is 7. The van der Waals surface area contributed by atoms with E-state index in [1.54, 1.807) is 28.9 Å². The van der Waals surface area contributed by atoms with Crippen LogP contribution in [0.15, 0.2) is 47.8 Å². The van der Waals surface area contributed by atoms with Crippen molar-refractivity contribution in [2.75, 3.05) is 5.43 Å². The van der Waals surface area contributed by atoms with Crippen molar-refractivity contribution in [3.8, 4) is 5.82 Å². The second kappa shape index (κ2) is 6.87. The van der Waals surface area contributed by atoms with E-state index >= 15 is 0 Å². The number of benzene rings is 1. The number of nitrogens with one attached hydrogen (secondary N) is 1. The van der Waals surface area contributed by atoms with Gasteiger partial charge in [-0.05, 0) is 26.0 Å². The fourth-order valence-electron chi connectivity index (χ4n) is 2.32. The lowest BCUT2D eigenvalue weighted by Gasteiger charge is -2.05. The SMILES string of the molecule is Cc1cc(C)n(-c2cc(N/N=C/c3ccccc3[N+](=O)[O-])ncn2)n1. The van der Waals surface area contributed by atoms with Crippen molar-refractivity contribution in [2.45, 2.75) is 13.8 Å². The molecule has 0 radical (unpaired) electrons. The van der Waals surface area contributed by atoms with Crippen LogP contribution in [-0.4, -0.2) is 30.9 Å². The highest BCUT2D eigenvalue weighted by Gasteiger charge is 2.10. The fourth-order valence-corrected chi connectivity index (χ4v) is 2.32. The lowest BCUT2D eigenvalue weighted by atomic mass is 10.2. The van der Waals surface area contributed by atoms with E-state index in [1.807, 2.05) is 19.9 Å². The zero-order valence-electron chi connectivity index (χ0n) is 13.6. The second-order valence-electron chi connectivity index (χ2n) is 5.29. The molecule has 1 aromatic carbocycles. The van der Waals surface area contributed by atoms with Crippen LogP contribution in [0.4, 0.5) is 11.5 Å². The van der Waals surface area contributed by atoms with Crippen molar-refractivity contribution in [1.82, 2.24) is 19.7 Å². The summed E-state index contributed by atoms with van der Waals surface area (Å²) in [6.07, 6.45) is 2.78. The maximum Gasteiger partial charge on any atom is 0.278 e. The molecular formula is C16H15N7O2. The summed E-state index contributed by atoms with van der Waals surface area (Å²) in [6.45, 7) is 3.84. The summed E-state index contributed by atoms with van der Waals surface area (Å²) in [5.74, 6) is 1.05. The van der Waals surface area contributed by atoms with Crippen molar-refractivity contribution < 1.29 is 4.92 Å². The summed E-state index contributed by atoms with van der Waals surface area (Å²) in [5.41, 5.74) is 4.97. The van der Waals surface area contributed by atoms with Crippen molar-refractivity contribution in [1.29, 1.82) is 0 Å². The lowest BCUT2D eigenvalue weighted by Crippen LogP contribution is -2.04. The summed E-state index contributed by atoms with van der Waals surface area (Å²) in [5, 5.41) is 19.4. The first-order valence-corrected chi connectivity index (χ1v) is 7.43. The normalized spacial score (nSPS) is 11.0. The van der Waals surface area contributed by atoms with Gasteiger partial charge in [-0.15, -0.1) is 0 Å². The molecule has 2 aromatic heterocycles. The topological polar surface area (TPSA) is 111 Å². The van der Waals surface area contributed by atoms with Gasteiger partial charge in [0.1, 0.15) is 6.33 Å². The quantitative estimate of drug-likeness (QED) is 0.435. The lowest BCUT2D eigenvalue weighted by molar-refractivity contribution is -0.385. The van der Waals surface area contributed by atoms with Gasteiger partial charge in [-0.2, -0.15) is 10.2 Å². The maximum atomic E-state index is 11.0. The molecule has 0 saturated carbocycles. The average molecular weight is 337 g/mol. The molecule has 0 unspecified atom stereocenters. The minimum Gasteiger partial charge on any atom is -0.261 e. The van der Waals surface area contributed by atoms with E-state index in [0.717, 1.165) is 11.4 Å². The number of aromatic nitrogens is 4. The van der Waals surface area contributed by atoms with Gasteiger partial charge in [-0.25, -0.2) is 14.6 Å². The highest BCUT2D eigenvalue weighted by Crippen LogP contribution is 2.16. The molecule has 1 N–H and O–H groups in total. The van der Waals surface area contributed by atoms with E-state index in [-0.39, 0.29) is 5.69 Å². The third kappa shape index (κ3) is 3.66.